The van der Waals surface area contributed by atoms with Crippen LogP contribution in [0.15, 0.2) is 28.7 Å². The van der Waals surface area contributed by atoms with Crippen molar-refractivity contribution in [3.05, 3.63) is 34.3 Å². The highest BCUT2D eigenvalue weighted by molar-refractivity contribution is 9.10. The Balaban J connectivity index is 2.17. The molecule has 2 nitrogen and oxygen atoms in total. The largest absolute Gasteiger partial charge is 0.334 e. The lowest BCUT2D eigenvalue weighted by molar-refractivity contribution is 0.0695. The molecule has 0 radical (unpaired) electrons. The number of halogens is 2. The van der Waals surface area contributed by atoms with Crippen LogP contribution >= 0.6 is 27.5 Å². The Morgan fingerprint density at radius 1 is 1.39 bits per heavy atom. The molecule has 0 saturated heterocycles. The van der Waals surface area contributed by atoms with Crippen molar-refractivity contribution in [2.24, 2.45) is 0 Å². The molecule has 0 aliphatic heterocycles. The predicted molar refractivity (Wildman–Crippen MR) is 78.2 cm³/mol. The molecule has 0 bridgehead atoms. The highest BCUT2D eigenvalue weighted by Crippen LogP contribution is 2.25. The van der Waals surface area contributed by atoms with Gasteiger partial charge in [0.15, 0.2) is 0 Å². The first-order chi connectivity index (χ1) is 8.72. The van der Waals surface area contributed by atoms with Gasteiger partial charge in [-0.15, -0.1) is 11.6 Å². The molecular weight excluding hydrogens is 314 g/mol. The van der Waals surface area contributed by atoms with E-state index >= 15 is 0 Å². The fourth-order valence-corrected chi connectivity index (χ4v) is 3.13. The van der Waals surface area contributed by atoms with Gasteiger partial charge < -0.3 is 4.90 Å². The Labute approximate surface area is 121 Å². The van der Waals surface area contributed by atoms with E-state index < -0.39 is 0 Å². The Bertz CT molecular complexity index is 418. The van der Waals surface area contributed by atoms with Gasteiger partial charge in [-0.1, -0.05) is 34.8 Å². The monoisotopic (exact) mass is 329 g/mol. The average Bonchev–Trinajstić information content (AvgIpc) is 2.89. The van der Waals surface area contributed by atoms with Crippen molar-refractivity contribution in [1.29, 1.82) is 0 Å². The van der Waals surface area contributed by atoms with Crippen molar-refractivity contribution < 1.29 is 4.79 Å². The lowest BCUT2D eigenvalue weighted by Gasteiger charge is -2.28. The van der Waals surface area contributed by atoms with E-state index in [1.54, 1.807) is 0 Å². The van der Waals surface area contributed by atoms with Crippen LogP contribution in [-0.2, 0) is 0 Å². The van der Waals surface area contributed by atoms with Crippen LogP contribution in [0.3, 0.4) is 0 Å². The Kier molecular flexibility index (Phi) is 5.07. The van der Waals surface area contributed by atoms with E-state index in [-0.39, 0.29) is 5.91 Å². The summed E-state index contributed by atoms with van der Waals surface area (Å²) in [6.45, 7) is 0.636. The SMILES string of the molecule is O=C(c1cccc(Br)c1)N(CCCl)C1CCCC1. The quantitative estimate of drug-likeness (QED) is 0.762. The lowest BCUT2D eigenvalue weighted by Crippen LogP contribution is -2.40. The molecule has 4 heteroatoms. The maximum atomic E-state index is 12.5. The first-order valence-corrected chi connectivity index (χ1v) is 7.67. The van der Waals surface area contributed by atoms with Crippen molar-refractivity contribution in [2.75, 3.05) is 12.4 Å². The highest BCUT2D eigenvalue weighted by atomic mass is 79.9. The topological polar surface area (TPSA) is 20.3 Å². The number of alkyl halides is 1. The summed E-state index contributed by atoms with van der Waals surface area (Å²) in [4.78, 5) is 14.5. The summed E-state index contributed by atoms with van der Waals surface area (Å²) in [5.74, 6) is 0.597. The van der Waals surface area contributed by atoms with Crippen molar-refractivity contribution in [3.63, 3.8) is 0 Å². The summed E-state index contributed by atoms with van der Waals surface area (Å²) in [5.41, 5.74) is 0.737. The molecule has 1 aliphatic carbocycles. The van der Waals surface area contributed by atoms with Crippen LogP contribution < -0.4 is 0 Å². The Morgan fingerprint density at radius 2 is 2.11 bits per heavy atom. The van der Waals surface area contributed by atoms with Crippen molar-refractivity contribution >= 4 is 33.4 Å². The fourth-order valence-electron chi connectivity index (χ4n) is 2.54. The predicted octanol–water partition coefficient (Wildman–Crippen LogP) is 4.07. The van der Waals surface area contributed by atoms with E-state index in [1.165, 1.54) is 12.8 Å². The molecule has 0 aromatic heterocycles. The van der Waals surface area contributed by atoms with Gasteiger partial charge in [0.2, 0.25) is 0 Å². The zero-order valence-electron chi connectivity index (χ0n) is 10.2. The molecule has 1 aromatic carbocycles. The normalized spacial score (nSPS) is 15.9. The van der Waals surface area contributed by atoms with Crippen LogP contribution in [0.5, 0.6) is 0 Å². The number of hydrogen-bond donors (Lipinski definition) is 0. The van der Waals surface area contributed by atoms with Gasteiger partial charge in [-0.25, -0.2) is 0 Å². The second-order valence-corrected chi connectivity index (χ2v) is 5.93. The molecule has 98 valence electrons. The third-order valence-electron chi connectivity index (χ3n) is 3.42. The summed E-state index contributed by atoms with van der Waals surface area (Å²) in [6, 6.07) is 7.93. The first-order valence-electron chi connectivity index (χ1n) is 6.35. The van der Waals surface area contributed by atoms with E-state index in [0.717, 1.165) is 22.9 Å². The molecule has 0 spiro atoms. The van der Waals surface area contributed by atoms with E-state index in [4.69, 9.17) is 11.6 Å². The average molecular weight is 331 g/mol. The van der Waals surface area contributed by atoms with Gasteiger partial charge in [-0.05, 0) is 31.0 Å². The van der Waals surface area contributed by atoms with Crippen LogP contribution in [0.2, 0.25) is 0 Å². The maximum Gasteiger partial charge on any atom is 0.254 e. The molecule has 0 heterocycles. The second-order valence-electron chi connectivity index (χ2n) is 4.64. The van der Waals surface area contributed by atoms with Crippen LogP contribution in [0.4, 0.5) is 0 Å². The standard InChI is InChI=1S/C14H17BrClNO/c15-12-5-3-4-11(10-12)14(18)17(9-8-16)13-6-1-2-7-13/h3-5,10,13H,1-2,6-9H2. The minimum absolute atomic E-state index is 0.101. The van der Waals surface area contributed by atoms with Crippen LogP contribution in [-0.4, -0.2) is 29.3 Å². The number of rotatable bonds is 4. The zero-order valence-corrected chi connectivity index (χ0v) is 12.6. The molecule has 0 unspecified atom stereocenters. The molecular formula is C14H17BrClNO. The number of amides is 1. The van der Waals surface area contributed by atoms with Crippen molar-refractivity contribution in [3.8, 4) is 0 Å². The molecule has 0 atom stereocenters. The van der Waals surface area contributed by atoms with Gasteiger partial charge in [0.1, 0.15) is 0 Å². The van der Waals surface area contributed by atoms with Crippen molar-refractivity contribution in [1.82, 2.24) is 4.90 Å². The van der Waals surface area contributed by atoms with Gasteiger partial charge in [-0.2, -0.15) is 0 Å². The Morgan fingerprint density at radius 3 is 2.72 bits per heavy atom. The van der Waals surface area contributed by atoms with Gasteiger partial charge in [0.25, 0.3) is 5.91 Å². The summed E-state index contributed by atoms with van der Waals surface area (Å²) >= 11 is 9.24. The summed E-state index contributed by atoms with van der Waals surface area (Å²) in [7, 11) is 0. The molecule has 0 N–H and O–H groups in total. The van der Waals surface area contributed by atoms with E-state index in [0.29, 0.717) is 18.5 Å². The third kappa shape index (κ3) is 3.27. The number of hydrogen-bond acceptors (Lipinski definition) is 1. The number of carbonyl (C=O) groups excluding carboxylic acids is 1. The van der Waals surface area contributed by atoms with Crippen LogP contribution in [0, 0.1) is 0 Å². The molecule has 18 heavy (non-hydrogen) atoms. The third-order valence-corrected chi connectivity index (χ3v) is 4.09. The minimum Gasteiger partial charge on any atom is -0.334 e. The number of benzene rings is 1. The van der Waals surface area contributed by atoms with Gasteiger partial charge in [-0.3, -0.25) is 4.79 Å². The smallest absolute Gasteiger partial charge is 0.254 e. The molecule has 1 fully saturated rings. The van der Waals surface area contributed by atoms with Gasteiger partial charge >= 0.3 is 0 Å². The molecule has 2 rings (SSSR count). The first kappa shape index (κ1) is 13.9. The second kappa shape index (κ2) is 6.58. The van der Waals surface area contributed by atoms with E-state index in [9.17, 15) is 4.79 Å². The molecule has 1 amide bonds. The molecule has 1 aliphatic rings. The Hall–Kier alpha value is -0.540. The lowest BCUT2D eigenvalue weighted by atomic mass is 10.1. The van der Waals surface area contributed by atoms with Crippen LogP contribution in [0.25, 0.3) is 0 Å². The summed E-state index contributed by atoms with van der Waals surface area (Å²) in [6.07, 6.45) is 4.65. The van der Waals surface area contributed by atoms with Gasteiger partial charge in [0.05, 0.1) is 0 Å². The number of carbonyl (C=O) groups is 1. The van der Waals surface area contributed by atoms with Crippen LogP contribution in [0.1, 0.15) is 36.0 Å². The highest BCUT2D eigenvalue weighted by Gasteiger charge is 2.26. The van der Waals surface area contributed by atoms with E-state index in [2.05, 4.69) is 15.9 Å². The van der Waals surface area contributed by atoms with Crippen molar-refractivity contribution in [2.45, 2.75) is 31.7 Å². The van der Waals surface area contributed by atoms with E-state index in [1.807, 2.05) is 29.2 Å². The maximum absolute atomic E-state index is 12.5. The molecule has 1 aromatic rings. The molecule has 1 saturated carbocycles. The van der Waals surface area contributed by atoms with Gasteiger partial charge in [0, 0.05) is 28.5 Å². The minimum atomic E-state index is 0.101. The zero-order chi connectivity index (χ0) is 13.0. The summed E-state index contributed by atoms with van der Waals surface area (Å²) < 4.78 is 0.936. The summed E-state index contributed by atoms with van der Waals surface area (Å²) in [5, 5.41) is 0. The number of nitrogens with zero attached hydrogens (tertiary/aromatic N) is 1. The fraction of sp³-hybridized carbons (Fsp3) is 0.500.